The van der Waals surface area contributed by atoms with Crippen molar-refractivity contribution < 1.29 is 14.6 Å². The van der Waals surface area contributed by atoms with Crippen LogP contribution >= 0.6 is 0 Å². The minimum absolute atomic E-state index is 0.110. The molecule has 1 aliphatic heterocycles. The Hall–Kier alpha value is -3.61. The number of methoxy groups -OCH3 is 1. The van der Waals surface area contributed by atoms with Crippen LogP contribution in [0, 0.1) is 0 Å². The molecular formula is C22H20N4O3. The van der Waals surface area contributed by atoms with Crippen molar-refractivity contribution >= 4 is 11.7 Å². The van der Waals surface area contributed by atoms with Gasteiger partial charge in [-0.15, -0.1) is 5.10 Å². The Morgan fingerprint density at radius 3 is 2.76 bits per heavy atom. The lowest BCUT2D eigenvalue weighted by atomic mass is 9.85. The van der Waals surface area contributed by atoms with Crippen molar-refractivity contribution in [1.29, 1.82) is 0 Å². The zero-order valence-electron chi connectivity index (χ0n) is 15.9. The van der Waals surface area contributed by atoms with Crippen LogP contribution in [0.4, 0.5) is 5.95 Å². The molecule has 1 aliphatic carbocycles. The highest BCUT2D eigenvalue weighted by Crippen LogP contribution is 2.41. The number of nitrogens with zero attached hydrogens (tertiary/aromatic N) is 3. The molecule has 0 radical (unpaired) electrons. The fourth-order valence-corrected chi connectivity index (χ4v) is 4.02. The minimum atomic E-state index is -0.416. The van der Waals surface area contributed by atoms with E-state index in [1.165, 1.54) is 0 Å². The van der Waals surface area contributed by atoms with Crippen molar-refractivity contribution in [3.63, 3.8) is 0 Å². The van der Waals surface area contributed by atoms with Gasteiger partial charge in [0, 0.05) is 23.3 Å². The Morgan fingerprint density at radius 1 is 1.17 bits per heavy atom. The van der Waals surface area contributed by atoms with E-state index in [1.54, 1.807) is 30.0 Å². The van der Waals surface area contributed by atoms with Crippen molar-refractivity contribution in [2.45, 2.75) is 25.3 Å². The van der Waals surface area contributed by atoms with Gasteiger partial charge in [0.1, 0.15) is 17.5 Å². The molecule has 29 heavy (non-hydrogen) atoms. The smallest absolute Gasteiger partial charge is 0.226 e. The summed E-state index contributed by atoms with van der Waals surface area (Å²) in [4.78, 5) is 17.5. The van der Waals surface area contributed by atoms with E-state index < -0.39 is 6.04 Å². The molecule has 1 atom stereocenters. The zero-order valence-corrected chi connectivity index (χ0v) is 15.9. The molecule has 1 aromatic heterocycles. The van der Waals surface area contributed by atoms with Gasteiger partial charge in [-0.3, -0.25) is 4.79 Å². The molecule has 3 aromatic rings. The lowest BCUT2D eigenvalue weighted by molar-refractivity contribution is -0.116. The number of anilines is 1. The molecule has 2 aliphatic rings. The van der Waals surface area contributed by atoms with Crippen LogP contribution in [0.25, 0.3) is 11.4 Å². The maximum Gasteiger partial charge on any atom is 0.226 e. The van der Waals surface area contributed by atoms with Crippen LogP contribution in [0.5, 0.6) is 11.5 Å². The number of nitrogens with one attached hydrogen (secondary N) is 1. The zero-order chi connectivity index (χ0) is 20.0. The van der Waals surface area contributed by atoms with Crippen molar-refractivity contribution in [2.24, 2.45) is 0 Å². The molecule has 2 N–H and O–H groups in total. The molecule has 0 bridgehead atoms. The molecule has 7 nitrogen and oxygen atoms in total. The molecule has 7 heteroatoms. The topological polar surface area (TPSA) is 89.3 Å². The van der Waals surface area contributed by atoms with Crippen LogP contribution in [0.1, 0.15) is 30.9 Å². The van der Waals surface area contributed by atoms with E-state index in [0.29, 0.717) is 23.8 Å². The van der Waals surface area contributed by atoms with Crippen LogP contribution in [-0.2, 0) is 4.79 Å². The fourth-order valence-electron chi connectivity index (χ4n) is 4.02. The van der Waals surface area contributed by atoms with Gasteiger partial charge in [-0.05, 0) is 54.8 Å². The minimum Gasteiger partial charge on any atom is -0.508 e. The molecule has 0 saturated carbocycles. The van der Waals surface area contributed by atoms with Gasteiger partial charge in [-0.25, -0.2) is 4.68 Å². The van der Waals surface area contributed by atoms with E-state index in [2.05, 4.69) is 10.3 Å². The Bertz CT molecular complexity index is 1130. The number of benzene rings is 2. The largest absolute Gasteiger partial charge is 0.508 e. The highest BCUT2D eigenvalue weighted by atomic mass is 16.5. The fraction of sp³-hybridized carbons (Fsp3) is 0.227. The number of hydrogen-bond donors (Lipinski definition) is 2. The second-order valence-electron chi connectivity index (χ2n) is 7.22. The van der Waals surface area contributed by atoms with E-state index in [4.69, 9.17) is 9.84 Å². The number of fused-ring (bicyclic) bond motifs is 1. The summed E-state index contributed by atoms with van der Waals surface area (Å²) < 4.78 is 6.97. The molecular weight excluding hydrogens is 368 g/mol. The number of rotatable bonds is 3. The number of allylic oxidation sites excluding steroid dienone is 2. The average Bonchev–Trinajstić information content (AvgIpc) is 3.16. The van der Waals surface area contributed by atoms with Crippen LogP contribution in [-0.4, -0.2) is 32.8 Å². The number of ketones is 1. The summed E-state index contributed by atoms with van der Waals surface area (Å²) in [5, 5.41) is 18.1. The van der Waals surface area contributed by atoms with Gasteiger partial charge >= 0.3 is 0 Å². The number of hydrogen-bond acceptors (Lipinski definition) is 6. The Kier molecular flexibility index (Phi) is 4.08. The predicted molar refractivity (Wildman–Crippen MR) is 108 cm³/mol. The summed E-state index contributed by atoms with van der Waals surface area (Å²) >= 11 is 0. The monoisotopic (exact) mass is 388 g/mol. The number of Topliss-reactive ketones (excluding diaryl/α,β-unsaturated/α-hetero) is 1. The van der Waals surface area contributed by atoms with Crippen molar-refractivity contribution in [3.8, 4) is 22.9 Å². The van der Waals surface area contributed by atoms with E-state index in [9.17, 15) is 9.90 Å². The third-order valence-electron chi connectivity index (χ3n) is 5.40. The Balaban J connectivity index is 1.65. The van der Waals surface area contributed by atoms with E-state index in [0.717, 1.165) is 35.4 Å². The van der Waals surface area contributed by atoms with Gasteiger partial charge in [0.25, 0.3) is 0 Å². The lowest BCUT2D eigenvalue weighted by Gasteiger charge is -2.32. The summed E-state index contributed by atoms with van der Waals surface area (Å²) in [6.07, 6.45) is 2.13. The van der Waals surface area contributed by atoms with Crippen LogP contribution in [0.2, 0.25) is 0 Å². The normalized spacial score (nSPS) is 18.1. The summed E-state index contributed by atoms with van der Waals surface area (Å²) in [7, 11) is 1.62. The molecule has 0 spiro atoms. The Morgan fingerprint density at radius 2 is 2.00 bits per heavy atom. The first-order chi connectivity index (χ1) is 14.1. The maximum absolute atomic E-state index is 12.8. The van der Waals surface area contributed by atoms with Gasteiger partial charge in [0.15, 0.2) is 11.6 Å². The summed E-state index contributed by atoms with van der Waals surface area (Å²) in [5.74, 6) is 2.18. The van der Waals surface area contributed by atoms with Crippen molar-refractivity contribution in [3.05, 3.63) is 65.4 Å². The second kappa shape index (κ2) is 6.77. The molecule has 0 unspecified atom stereocenters. The first-order valence-corrected chi connectivity index (χ1v) is 9.57. The summed E-state index contributed by atoms with van der Waals surface area (Å²) in [6.45, 7) is 0. The van der Waals surface area contributed by atoms with Gasteiger partial charge in [0.05, 0.1) is 7.11 Å². The average molecular weight is 388 g/mol. The summed E-state index contributed by atoms with van der Waals surface area (Å²) in [5.41, 5.74) is 3.27. The number of aromatic nitrogens is 3. The molecule has 146 valence electrons. The number of ether oxygens (including phenoxy) is 1. The van der Waals surface area contributed by atoms with E-state index in [1.807, 2.05) is 30.3 Å². The standard InChI is InChI=1S/C22H20N4O3/c1-29-16-10-8-13(9-11-16)21-24-22-23-17-6-3-7-18(28)19(17)20(26(22)25-21)14-4-2-5-15(27)12-14/h2,4-5,8-12,20,27H,3,6-7H2,1H3,(H,23,24,25)/t20-/m0/s1. The first-order valence-electron chi connectivity index (χ1n) is 9.57. The van der Waals surface area contributed by atoms with Gasteiger partial charge in [-0.1, -0.05) is 12.1 Å². The highest BCUT2D eigenvalue weighted by Gasteiger charge is 2.37. The van der Waals surface area contributed by atoms with Gasteiger partial charge < -0.3 is 15.2 Å². The second-order valence-corrected chi connectivity index (χ2v) is 7.22. The number of phenolic OH excluding ortho intramolecular Hbond substituents is 1. The molecule has 0 saturated heterocycles. The molecule has 5 rings (SSSR count). The van der Waals surface area contributed by atoms with Crippen LogP contribution in [0.3, 0.4) is 0 Å². The van der Waals surface area contributed by atoms with Crippen LogP contribution < -0.4 is 10.1 Å². The van der Waals surface area contributed by atoms with E-state index >= 15 is 0 Å². The SMILES string of the molecule is COc1ccc(-c2nc3n(n2)[C@@H](c2cccc(O)c2)C2=C(CCCC2=O)N3)cc1. The first kappa shape index (κ1) is 17.5. The predicted octanol–water partition coefficient (Wildman–Crippen LogP) is 3.68. The maximum atomic E-state index is 12.8. The lowest BCUT2D eigenvalue weighted by Crippen LogP contribution is -2.31. The van der Waals surface area contributed by atoms with Crippen molar-refractivity contribution in [1.82, 2.24) is 14.8 Å². The number of carbonyl (C=O) groups excluding carboxylic acids is 1. The van der Waals surface area contributed by atoms with Crippen LogP contribution in [0.15, 0.2) is 59.8 Å². The summed E-state index contributed by atoms with van der Waals surface area (Å²) in [6, 6.07) is 14.1. The molecule has 0 amide bonds. The van der Waals surface area contributed by atoms with Gasteiger partial charge in [0.2, 0.25) is 5.95 Å². The molecule has 2 heterocycles. The number of aromatic hydroxyl groups is 1. The van der Waals surface area contributed by atoms with E-state index in [-0.39, 0.29) is 11.5 Å². The highest BCUT2D eigenvalue weighted by molar-refractivity contribution is 5.99. The number of carbonyl (C=O) groups is 1. The molecule has 0 fully saturated rings. The third kappa shape index (κ3) is 2.95. The molecule has 2 aromatic carbocycles. The Labute approximate surface area is 167 Å². The van der Waals surface area contributed by atoms with Gasteiger partial charge in [-0.2, -0.15) is 4.98 Å². The van der Waals surface area contributed by atoms with Crippen molar-refractivity contribution in [2.75, 3.05) is 12.4 Å². The number of phenols is 1. The quantitative estimate of drug-likeness (QED) is 0.711. The third-order valence-corrected chi connectivity index (χ3v) is 5.40.